The van der Waals surface area contributed by atoms with Crippen LogP contribution in [0, 0.1) is 0 Å². The lowest BCUT2D eigenvalue weighted by atomic mass is 10.1. The van der Waals surface area contributed by atoms with Gasteiger partial charge in [0.15, 0.2) is 0 Å². The van der Waals surface area contributed by atoms with Crippen molar-refractivity contribution in [3.8, 4) is 28.5 Å². The summed E-state index contributed by atoms with van der Waals surface area (Å²) in [5, 5.41) is 10.5. The van der Waals surface area contributed by atoms with E-state index in [1.54, 1.807) is 0 Å². The van der Waals surface area contributed by atoms with Crippen LogP contribution in [0.1, 0.15) is 19.4 Å². The molecule has 0 aliphatic heterocycles. The summed E-state index contributed by atoms with van der Waals surface area (Å²) in [6.45, 7) is 7.72. The van der Waals surface area contributed by atoms with E-state index in [4.69, 9.17) is 14.2 Å². The number of hydrogen-bond donors (Lipinski definition) is 2. The fourth-order valence-electron chi connectivity index (χ4n) is 3.28. The Morgan fingerprint density at radius 2 is 1.53 bits per heavy atom. The quantitative estimate of drug-likeness (QED) is 0.394. The van der Waals surface area contributed by atoms with Gasteiger partial charge in [-0.3, -0.25) is 5.10 Å². The van der Waals surface area contributed by atoms with Gasteiger partial charge in [-0.15, -0.1) is 0 Å². The molecule has 0 bridgehead atoms. The summed E-state index contributed by atoms with van der Waals surface area (Å²) in [6, 6.07) is 15.7. The molecular formula is C25H34N4O3. The Morgan fingerprint density at radius 1 is 0.938 bits per heavy atom. The van der Waals surface area contributed by atoms with Crippen molar-refractivity contribution in [3.63, 3.8) is 0 Å². The molecule has 0 atom stereocenters. The molecular weight excluding hydrogens is 404 g/mol. The second-order valence-electron chi connectivity index (χ2n) is 7.97. The van der Waals surface area contributed by atoms with Crippen LogP contribution < -0.4 is 19.5 Å². The number of nitrogens with zero attached hydrogens (tertiary/aromatic N) is 2. The molecule has 172 valence electrons. The lowest BCUT2D eigenvalue weighted by molar-refractivity contribution is 0.216. The number of ether oxygens (including phenoxy) is 3. The number of likely N-dealkylation sites (N-methyl/N-ethyl adjacent to an activating group) is 2. The normalized spacial score (nSPS) is 11.2. The minimum Gasteiger partial charge on any atom is -0.491 e. The van der Waals surface area contributed by atoms with Gasteiger partial charge in [0.05, 0.1) is 18.0 Å². The van der Waals surface area contributed by atoms with Crippen molar-refractivity contribution >= 4 is 0 Å². The predicted octanol–water partition coefficient (Wildman–Crippen LogP) is 3.97. The maximum absolute atomic E-state index is 5.82. The highest BCUT2D eigenvalue weighted by molar-refractivity contribution is 5.63. The van der Waals surface area contributed by atoms with Gasteiger partial charge in [0, 0.05) is 30.8 Å². The van der Waals surface area contributed by atoms with Gasteiger partial charge in [-0.05, 0) is 76.5 Å². The molecule has 0 unspecified atom stereocenters. The van der Waals surface area contributed by atoms with Crippen LogP contribution in [0.5, 0.6) is 17.2 Å². The Kier molecular flexibility index (Phi) is 8.95. The van der Waals surface area contributed by atoms with Gasteiger partial charge in [-0.2, -0.15) is 5.10 Å². The van der Waals surface area contributed by atoms with Gasteiger partial charge in [0.1, 0.15) is 30.5 Å². The van der Waals surface area contributed by atoms with Gasteiger partial charge in [-0.25, -0.2) is 0 Å². The summed E-state index contributed by atoms with van der Waals surface area (Å²) in [6.07, 6.45) is 2.06. The Balaban J connectivity index is 1.46. The third-order valence-electron chi connectivity index (χ3n) is 4.86. The summed E-state index contributed by atoms with van der Waals surface area (Å²) < 4.78 is 17.2. The molecule has 2 N–H and O–H groups in total. The van der Waals surface area contributed by atoms with Crippen molar-refractivity contribution in [2.24, 2.45) is 0 Å². The lowest BCUT2D eigenvalue weighted by Gasteiger charge is -2.16. The topological polar surface area (TPSA) is 71.6 Å². The van der Waals surface area contributed by atoms with E-state index in [1.165, 1.54) is 5.56 Å². The highest BCUT2D eigenvalue weighted by atomic mass is 16.5. The largest absolute Gasteiger partial charge is 0.491 e. The number of nitrogens with one attached hydrogen (secondary N) is 2. The van der Waals surface area contributed by atoms with Gasteiger partial charge >= 0.3 is 0 Å². The molecule has 0 aliphatic rings. The zero-order valence-corrected chi connectivity index (χ0v) is 19.4. The molecule has 0 saturated carbocycles. The first-order valence-corrected chi connectivity index (χ1v) is 11.0. The van der Waals surface area contributed by atoms with Crippen LogP contribution >= 0.6 is 0 Å². The standard InChI is InChI=1S/C25H34N4O3/c1-19(2)32-24-11-9-23(10-12-24)31-16-15-30-22-7-5-20(6-8-22)25-21(17-27-28-25)18-29(4)14-13-26-3/h5-12,17,19,26H,13-16,18H2,1-4H3,(H,27,28). The maximum atomic E-state index is 5.82. The van der Waals surface area contributed by atoms with Crippen molar-refractivity contribution < 1.29 is 14.2 Å². The van der Waals surface area contributed by atoms with E-state index in [-0.39, 0.29) is 6.10 Å². The number of hydrogen-bond acceptors (Lipinski definition) is 6. The van der Waals surface area contributed by atoms with Crippen molar-refractivity contribution in [3.05, 3.63) is 60.3 Å². The fourth-order valence-corrected chi connectivity index (χ4v) is 3.28. The van der Waals surface area contributed by atoms with Gasteiger partial charge in [-0.1, -0.05) is 0 Å². The molecule has 2 aromatic carbocycles. The van der Waals surface area contributed by atoms with E-state index in [9.17, 15) is 0 Å². The second-order valence-corrected chi connectivity index (χ2v) is 7.97. The summed E-state index contributed by atoms with van der Waals surface area (Å²) in [4.78, 5) is 2.27. The number of H-pyrrole nitrogens is 1. The van der Waals surface area contributed by atoms with Crippen molar-refractivity contribution in [1.29, 1.82) is 0 Å². The van der Waals surface area contributed by atoms with Crippen molar-refractivity contribution in [2.45, 2.75) is 26.5 Å². The molecule has 3 aromatic rings. The van der Waals surface area contributed by atoms with Crippen molar-refractivity contribution in [2.75, 3.05) is 40.4 Å². The average Bonchev–Trinajstić information content (AvgIpc) is 3.24. The highest BCUT2D eigenvalue weighted by Gasteiger charge is 2.10. The molecule has 0 spiro atoms. The average molecular weight is 439 g/mol. The molecule has 0 fully saturated rings. The molecule has 0 amide bonds. The SMILES string of the molecule is CNCCN(C)Cc1cn[nH]c1-c1ccc(OCCOc2ccc(OC(C)C)cc2)cc1. The van der Waals surface area contributed by atoms with E-state index in [0.717, 1.165) is 48.1 Å². The van der Waals surface area contributed by atoms with Gasteiger partial charge < -0.3 is 24.4 Å². The molecule has 7 heteroatoms. The van der Waals surface area contributed by atoms with E-state index in [0.29, 0.717) is 13.2 Å². The number of benzene rings is 2. The van der Waals surface area contributed by atoms with E-state index in [1.807, 2.05) is 75.6 Å². The highest BCUT2D eigenvalue weighted by Crippen LogP contribution is 2.24. The fraction of sp³-hybridized carbons (Fsp3) is 0.400. The minimum absolute atomic E-state index is 0.158. The Labute approximate surface area is 190 Å². The molecule has 0 radical (unpaired) electrons. The van der Waals surface area contributed by atoms with E-state index >= 15 is 0 Å². The summed E-state index contributed by atoms with van der Waals surface area (Å²) >= 11 is 0. The molecule has 7 nitrogen and oxygen atoms in total. The summed E-state index contributed by atoms with van der Waals surface area (Å²) in [5.74, 6) is 2.45. The Hall–Kier alpha value is -3.03. The molecule has 0 saturated heterocycles. The zero-order valence-electron chi connectivity index (χ0n) is 19.4. The summed E-state index contributed by atoms with van der Waals surface area (Å²) in [5.41, 5.74) is 3.31. The van der Waals surface area contributed by atoms with Crippen LogP contribution in [-0.4, -0.2) is 61.6 Å². The lowest BCUT2D eigenvalue weighted by Crippen LogP contribution is -2.26. The third kappa shape index (κ3) is 7.28. The Bertz CT molecular complexity index is 923. The predicted molar refractivity (Wildman–Crippen MR) is 127 cm³/mol. The molecule has 1 heterocycles. The first-order chi connectivity index (χ1) is 15.5. The number of rotatable bonds is 13. The molecule has 1 aromatic heterocycles. The third-order valence-corrected chi connectivity index (χ3v) is 4.86. The van der Waals surface area contributed by atoms with Gasteiger partial charge in [0.25, 0.3) is 0 Å². The maximum Gasteiger partial charge on any atom is 0.122 e. The first kappa shape index (κ1) is 23.6. The minimum atomic E-state index is 0.158. The van der Waals surface area contributed by atoms with E-state index in [2.05, 4.69) is 27.5 Å². The number of aromatic amines is 1. The first-order valence-electron chi connectivity index (χ1n) is 11.0. The molecule has 3 rings (SSSR count). The zero-order chi connectivity index (χ0) is 22.8. The van der Waals surface area contributed by atoms with Crippen LogP contribution in [0.25, 0.3) is 11.3 Å². The van der Waals surface area contributed by atoms with Crippen LogP contribution in [0.3, 0.4) is 0 Å². The summed E-state index contributed by atoms with van der Waals surface area (Å²) in [7, 11) is 4.08. The second kappa shape index (κ2) is 12.1. The number of aromatic nitrogens is 2. The van der Waals surface area contributed by atoms with Crippen LogP contribution in [0.4, 0.5) is 0 Å². The van der Waals surface area contributed by atoms with Crippen molar-refractivity contribution in [1.82, 2.24) is 20.4 Å². The van der Waals surface area contributed by atoms with Crippen LogP contribution in [0.2, 0.25) is 0 Å². The van der Waals surface area contributed by atoms with Crippen LogP contribution in [0.15, 0.2) is 54.7 Å². The van der Waals surface area contributed by atoms with Crippen LogP contribution in [-0.2, 0) is 6.54 Å². The van der Waals surface area contributed by atoms with Gasteiger partial charge in [0.2, 0.25) is 0 Å². The molecule has 32 heavy (non-hydrogen) atoms. The van der Waals surface area contributed by atoms with E-state index < -0.39 is 0 Å². The monoisotopic (exact) mass is 438 g/mol. The smallest absolute Gasteiger partial charge is 0.122 e. The molecule has 0 aliphatic carbocycles. The Morgan fingerprint density at radius 3 is 2.12 bits per heavy atom.